The van der Waals surface area contributed by atoms with E-state index in [1.165, 1.54) is 33.5 Å². The van der Waals surface area contributed by atoms with E-state index in [4.69, 9.17) is 14.2 Å². The quantitative estimate of drug-likeness (QED) is 0.474. The average Bonchev–Trinajstić information content (AvgIpc) is 2.52. The number of Topliss-reactive ketones (excluding diaryl/α,β-unsaturated/α-hetero) is 1. The van der Waals surface area contributed by atoms with Gasteiger partial charge < -0.3 is 19.5 Å². The molecule has 0 bridgehead atoms. The maximum absolute atomic E-state index is 12.0. The van der Waals surface area contributed by atoms with Gasteiger partial charge in [0, 0.05) is 18.1 Å². The second-order valence-electron chi connectivity index (χ2n) is 4.11. The summed E-state index contributed by atoms with van der Waals surface area (Å²) in [7, 11) is 4.29. The highest BCUT2D eigenvalue weighted by atomic mass is 16.5. The summed E-state index contributed by atoms with van der Waals surface area (Å²) in [6.45, 7) is 5.20. The molecule has 6 heteroatoms. The van der Waals surface area contributed by atoms with E-state index in [1.54, 1.807) is 6.92 Å². The number of ketones is 1. The zero-order valence-electron chi connectivity index (χ0n) is 12.6. The highest BCUT2D eigenvalue weighted by molar-refractivity contribution is 6.08. The Morgan fingerprint density at radius 3 is 2.19 bits per heavy atom. The molecule has 0 aromatic heterocycles. The number of nitrogens with one attached hydrogen (secondary N) is 1. The lowest BCUT2D eigenvalue weighted by atomic mass is 10.1. The van der Waals surface area contributed by atoms with Crippen LogP contribution in [0, 0.1) is 0 Å². The minimum Gasteiger partial charge on any atom is -0.493 e. The maximum atomic E-state index is 12.0. The summed E-state index contributed by atoms with van der Waals surface area (Å²) in [5.41, 5.74) is 0.662. The van der Waals surface area contributed by atoms with E-state index in [1.807, 2.05) is 0 Å². The number of methoxy groups -OCH3 is 3. The second kappa shape index (κ2) is 7.33. The zero-order valence-corrected chi connectivity index (χ0v) is 12.6. The van der Waals surface area contributed by atoms with Gasteiger partial charge in [0.05, 0.1) is 27.0 Å². The van der Waals surface area contributed by atoms with Gasteiger partial charge in [-0.05, 0) is 6.07 Å². The summed E-state index contributed by atoms with van der Waals surface area (Å²) in [5, 5.41) is 2.58. The predicted octanol–water partition coefficient (Wildman–Crippen LogP) is 2.40. The average molecular weight is 293 g/mol. The lowest BCUT2D eigenvalue weighted by Gasteiger charge is -2.15. The zero-order chi connectivity index (χ0) is 16.0. The van der Waals surface area contributed by atoms with Gasteiger partial charge >= 0.3 is 0 Å². The monoisotopic (exact) mass is 293 g/mol. The van der Waals surface area contributed by atoms with Crippen LogP contribution in [0.4, 0.5) is 5.69 Å². The van der Waals surface area contributed by atoms with Gasteiger partial charge in [0.1, 0.15) is 0 Å². The van der Waals surface area contributed by atoms with Crippen molar-refractivity contribution in [1.29, 1.82) is 0 Å². The van der Waals surface area contributed by atoms with Crippen LogP contribution in [0.3, 0.4) is 0 Å². The smallest absolute Gasteiger partial charge is 0.290 e. The van der Waals surface area contributed by atoms with Crippen LogP contribution in [0.25, 0.3) is 0 Å². The van der Waals surface area contributed by atoms with Crippen LogP contribution in [-0.4, -0.2) is 33.0 Å². The van der Waals surface area contributed by atoms with Gasteiger partial charge in [0.2, 0.25) is 0 Å². The fraction of sp³-hybridized carbons (Fsp3) is 0.333. The molecule has 0 heterocycles. The molecule has 1 N–H and O–H groups in total. The van der Waals surface area contributed by atoms with Crippen LogP contribution in [0.5, 0.6) is 11.5 Å². The molecule has 21 heavy (non-hydrogen) atoms. The van der Waals surface area contributed by atoms with Gasteiger partial charge in [0.25, 0.3) is 5.91 Å². The van der Waals surface area contributed by atoms with Crippen LogP contribution < -0.4 is 14.8 Å². The van der Waals surface area contributed by atoms with Gasteiger partial charge in [-0.2, -0.15) is 0 Å². The van der Waals surface area contributed by atoms with E-state index < -0.39 is 5.91 Å². The largest absolute Gasteiger partial charge is 0.493 e. The number of benzene rings is 1. The molecule has 0 spiro atoms. The Bertz CT molecular complexity index is 565. The predicted molar refractivity (Wildman–Crippen MR) is 78.9 cm³/mol. The standard InChI is InChI=1S/C15H19NO5/c1-6-12(17)10-7-13(20-4)14(21-5)8-11(10)16-15(18)9(2)19-3/h7-8H,2,6H2,1,3-5H3,(H,16,18). The number of hydrogen-bond donors (Lipinski definition) is 1. The molecule has 1 aromatic carbocycles. The minimum atomic E-state index is -0.533. The number of hydrogen-bond acceptors (Lipinski definition) is 5. The first-order valence-corrected chi connectivity index (χ1v) is 6.31. The van der Waals surface area contributed by atoms with E-state index in [9.17, 15) is 9.59 Å². The lowest BCUT2D eigenvalue weighted by Crippen LogP contribution is -2.17. The van der Waals surface area contributed by atoms with Crippen molar-refractivity contribution >= 4 is 17.4 Å². The van der Waals surface area contributed by atoms with Crippen LogP contribution in [0.2, 0.25) is 0 Å². The van der Waals surface area contributed by atoms with Gasteiger partial charge in [-0.1, -0.05) is 13.5 Å². The first kappa shape index (κ1) is 16.6. The van der Waals surface area contributed by atoms with Crippen molar-refractivity contribution in [2.75, 3.05) is 26.6 Å². The van der Waals surface area contributed by atoms with Crippen LogP contribution in [-0.2, 0) is 9.53 Å². The summed E-state index contributed by atoms with van der Waals surface area (Å²) in [6.07, 6.45) is 0.295. The van der Waals surface area contributed by atoms with Crippen molar-refractivity contribution in [3.63, 3.8) is 0 Å². The van der Waals surface area contributed by atoms with Crippen molar-refractivity contribution in [2.45, 2.75) is 13.3 Å². The van der Waals surface area contributed by atoms with E-state index in [2.05, 4.69) is 11.9 Å². The molecule has 1 rings (SSSR count). The Kier molecular flexibility index (Phi) is 5.78. The van der Waals surface area contributed by atoms with Crippen molar-refractivity contribution in [3.8, 4) is 11.5 Å². The summed E-state index contributed by atoms with van der Waals surface area (Å²) in [5.74, 6) is 0.102. The third-order valence-electron chi connectivity index (χ3n) is 2.89. The normalized spacial score (nSPS) is 9.71. The fourth-order valence-electron chi connectivity index (χ4n) is 1.69. The van der Waals surface area contributed by atoms with E-state index in [-0.39, 0.29) is 11.5 Å². The van der Waals surface area contributed by atoms with Gasteiger partial charge in [-0.3, -0.25) is 9.59 Å². The third-order valence-corrected chi connectivity index (χ3v) is 2.89. The SMILES string of the molecule is C=C(OC)C(=O)Nc1cc(OC)c(OC)cc1C(=O)CC. The molecule has 114 valence electrons. The fourth-order valence-corrected chi connectivity index (χ4v) is 1.69. The Balaban J connectivity index is 3.29. The van der Waals surface area contributed by atoms with Crippen molar-refractivity contribution in [2.24, 2.45) is 0 Å². The molecule has 0 saturated heterocycles. The summed E-state index contributed by atoms with van der Waals surface area (Å²) >= 11 is 0. The molecule has 0 aliphatic rings. The highest BCUT2D eigenvalue weighted by Crippen LogP contribution is 2.34. The van der Waals surface area contributed by atoms with E-state index in [0.717, 1.165) is 0 Å². The van der Waals surface area contributed by atoms with E-state index >= 15 is 0 Å². The first-order chi connectivity index (χ1) is 9.98. The van der Waals surface area contributed by atoms with Crippen molar-refractivity contribution < 1.29 is 23.8 Å². The van der Waals surface area contributed by atoms with Gasteiger partial charge in [-0.15, -0.1) is 0 Å². The van der Waals surface area contributed by atoms with E-state index in [0.29, 0.717) is 29.2 Å². The number of ether oxygens (including phenoxy) is 3. The molecular weight excluding hydrogens is 274 g/mol. The summed E-state index contributed by atoms with van der Waals surface area (Å²) in [4.78, 5) is 23.9. The van der Waals surface area contributed by atoms with Crippen LogP contribution in [0.1, 0.15) is 23.7 Å². The molecule has 6 nitrogen and oxygen atoms in total. The molecule has 0 unspecified atom stereocenters. The van der Waals surface area contributed by atoms with Crippen molar-refractivity contribution in [1.82, 2.24) is 0 Å². The van der Waals surface area contributed by atoms with Crippen LogP contribution in [0.15, 0.2) is 24.5 Å². The molecule has 0 atom stereocenters. The number of amides is 1. The summed E-state index contributed by atoms with van der Waals surface area (Å²) < 4.78 is 15.1. The maximum Gasteiger partial charge on any atom is 0.290 e. The third kappa shape index (κ3) is 3.75. The highest BCUT2D eigenvalue weighted by Gasteiger charge is 2.18. The number of carbonyl (C=O) groups excluding carboxylic acids is 2. The summed E-state index contributed by atoms with van der Waals surface area (Å²) in [6, 6.07) is 3.07. The van der Waals surface area contributed by atoms with Gasteiger partial charge in [-0.25, -0.2) is 0 Å². The Morgan fingerprint density at radius 2 is 1.71 bits per heavy atom. The Hall–Kier alpha value is -2.50. The molecular formula is C15H19NO5. The Labute approximate surface area is 123 Å². The van der Waals surface area contributed by atoms with Crippen LogP contribution >= 0.6 is 0 Å². The molecule has 0 saturated carbocycles. The number of anilines is 1. The van der Waals surface area contributed by atoms with Gasteiger partial charge in [0.15, 0.2) is 23.0 Å². The number of rotatable bonds is 7. The second-order valence-corrected chi connectivity index (χ2v) is 4.11. The molecule has 1 aromatic rings. The first-order valence-electron chi connectivity index (χ1n) is 6.31. The molecule has 0 fully saturated rings. The molecule has 1 amide bonds. The molecule has 0 aliphatic heterocycles. The minimum absolute atomic E-state index is 0.0558. The van der Waals surface area contributed by atoms with Crippen molar-refractivity contribution in [3.05, 3.63) is 30.0 Å². The number of carbonyl (C=O) groups is 2. The molecule has 0 aliphatic carbocycles. The molecule has 0 radical (unpaired) electrons. The Morgan fingerprint density at radius 1 is 1.14 bits per heavy atom. The topological polar surface area (TPSA) is 73.9 Å². The lowest BCUT2D eigenvalue weighted by molar-refractivity contribution is -0.115.